The highest BCUT2D eigenvalue weighted by atomic mass is 79.9. The highest BCUT2D eigenvalue weighted by Gasteiger charge is 2.37. The van der Waals surface area contributed by atoms with Gasteiger partial charge in [-0.1, -0.05) is 15.9 Å². The topological polar surface area (TPSA) is 29.9 Å². The normalized spacial score (nSPS) is 17.9. The summed E-state index contributed by atoms with van der Waals surface area (Å²) >= 11 is 8.90. The molecule has 0 atom stereocenters. The molecule has 1 saturated carbocycles. The number of hydrogen-bond donors (Lipinski definition) is 1. The zero-order chi connectivity index (χ0) is 12.8. The number of halogens is 1. The van der Waals surface area contributed by atoms with E-state index < -0.39 is 0 Å². The molecule has 2 aromatic rings. The SMILES string of the molecule is COC1(Cn2c(=S)[nH]c3cc(Br)ccc32)CCC1. The maximum absolute atomic E-state index is 5.68. The Morgan fingerprint density at radius 3 is 2.89 bits per heavy atom. The average Bonchev–Trinajstić information content (AvgIpc) is 2.59. The highest BCUT2D eigenvalue weighted by molar-refractivity contribution is 9.10. The summed E-state index contributed by atoms with van der Waals surface area (Å²) in [4.78, 5) is 3.25. The lowest BCUT2D eigenvalue weighted by atomic mass is 9.80. The van der Waals surface area contributed by atoms with Crippen LogP contribution < -0.4 is 0 Å². The number of nitrogens with one attached hydrogen (secondary N) is 1. The van der Waals surface area contributed by atoms with E-state index in [0.29, 0.717) is 0 Å². The second-order valence-corrected chi connectivity index (χ2v) is 6.22. The van der Waals surface area contributed by atoms with Crippen LogP contribution in [0.4, 0.5) is 0 Å². The van der Waals surface area contributed by atoms with Crippen LogP contribution in [-0.2, 0) is 11.3 Å². The van der Waals surface area contributed by atoms with E-state index in [9.17, 15) is 0 Å². The third-order valence-corrected chi connectivity index (χ3v) is 4.70. The van der Waals surface area contributed by atoms with Crippen LogP contribution >= 0.6 is 28.1 Å². The Morgan fingerprint density at radius 2 is 2.28 bits per heavy atom. The van der Waals surface area contributed by atoms with Crippen molar-refractivity contribution in [3.63, 3.8) is 0 Å². The van der Waals surface area contributed by atoms with E-state index >= 15 is 0 Å². The van der Waals surface area contributed by atoms with Crippen molar-refractivity contribution in [3.8, 4) is 0 Å². The Kier molecular flexibility index (Phi) is 3.08. The number of aromatic amines is 1. The molecule has 1 aromatic heterocycles. The van der Waals surface area contributed by atoms with E-state index in [0.717, 1.165) is 39.7 Å². The number of H-pyrrole nitrogens is 1. The van der Waals surface area contributed by atoms with Crippen molar-refractivity contribution in [1.82, 2.24) is 9.55 Å². The van der Waals surface area contributed by atoms with Gasteiger partial charge in [0.1, 0.15) is 0 Å². The second kappa shape index (κ2) is 4.47. The number of fused-ring (bicyclic) bond motifs is 1. The summed E-state index contributed by atoms with van der Waals surface area (Å²) in [6.45, 7) is 0.837. The Balaban J connectivity index is 2.06. The standard InChI is InChI=1S/C13H15BrN2OS/c1-17-13(5-2-6-13)8-16-11-4-3-9(14)7-10(11)15-12(16)18/h3-4,7H,2,5-6,8H2,1H3,(H,15,18). The van der Waals surface area contributed by atoms with Crippen molar-refractivity contribution in [3.05, 3.63) is 27.4 Å². The molecule has 1 aromatic carbocycles. The van der Waals surface area contributed by atoms with Crippen LogP contribution in [-0.4, -0.2) is 22.3 Å². The fourth-order valence-corrected chi connectivity index (χ4v) is 3.21. The summed E-state index contributed by atoms with van der Waals surface area (Å²) in [6.07, 6.45) is 3.48. The first kappa shape index (κ1) is 12.4. The number of imidazole rings is 1. The van der Waals surface area contributed by atoms with Crippen molar-refractivity contribution < 1.29 is 4.74 Å². The van der Waals surface area contributed by atoms with Crippen molar-refractivity contribution in [2.45, 2.75) is 31.4 Å². The zero-order valence-electron chi connectivity index (χ0n) is 10.2. The molecule has 0 radical (unpaired) electrons. The third kappa shape index (κ3) is 1.94. The minimum absolute atomic E-state index is 0.0135. The van der Waals surface area contributed by atoms with Gasteiger partial charge in [-0.25, -0.2) is 0 Å². The fraction of sp³-hybridized carbons (Fsp3) is 0.462. The van der Waals surface area contributed by atoms with Crippen molar-refractivity contribution >= 4 is 39.2 Å². The van der Waals surface area contributed by atoms with E-state index in [4.69, 9.17) is 17.0 Å². The molecule has 1 aliphatic carbocycles. The van der Waals surface area contributed by atoms with Crippen molar-refractivity contribution in [2.75, 3.05) is 7.11 Å². The minimum atomic E-state index is -0.0135. The predicted octanol–water partition coefficient (Wildman–Crippen LogP) is 4.03. The van der Waals surface area contributed by atoms with E-state index in [1.165, 1.54) is 6.42 Å². The molecule has 0 aliphatic heterocycles. The lowest BCUT2D eigenvalue weighted by Crippen LogP contribution is -2.43. The molecule has 3 nitrogen and oxygen atoms in total. The Hall–Kier alpha value is -0.650. The maximum Gasteiger partial charge on any atom is 0.178 e. The molecule has 0 amide bonds. The first-order valence-electron chi connectivity index (χ1n) is 6.07. The Bertz CT molecular complexity index is 636. The monoisotopic (exact) mass is 326 g/mol. The largest absolute Gasteiger partial charge is 0.376 e. The number of benzene rings is 1. The van der Waals surface area contributed by atoms with Gasteiger partial charge in [0.05, 0.1) is 23.2 Å². The summed E-state index contributed by atoms with van der Waals surface area (Å²) in [5.41, 5.74) is 2.20. The van der Waals surface area contributed by atoms with Crippen LogP contribution in [0.5, 0.6) is 0 Å². The van der Waals surface area contributed by atoms with Gasteiger partial charge in [0, 0.05) is 11.6 Å². The lowest BCUT2D eigenvalue weighted by Gasteiger charge is -2.40. The van der Waals surface area contributed by atoms with E-state index in [1.807, 2.05) is 6.07 Å². The maximum atomic E-state index is 5.68. The van der Waals surface area contributed by atoms with Gasteiger partial charge >= 0.3 is 0 Å². The summed E-state index contributed by atoms with van der Waals surface area (Å²) in [7, 11) is 1.80. The third-order valence-electron chi connectivity index (χ3n) is 3.88. The summed E-state index contributed by atoms with van der Waals surface area (Å²) < 4.78 is 9.67. The van der Waals surface area contributed by atoms with Crippen LogP contribution in [0.15, 0.2) is 22.7 Å². The van der Waals surface area contributed by atoms with Crippen LogP contribution in [0.2, 0.25) is 0 Å². The van der Waals surface area contributed by atoms with Gasteiger partial charge in [-0.15, -0.1) is 0 Å². The van der Waals surface area contributed by atoms with Crippen LogP contribution in [0.3, 0.4) is 0 Å². The molecule has 18 heavy (non-hydrogen) atoms. The van der Waals surface area contributed by atoms with E-state index in [-0.39, 0.29) is 5.60 Å². The van der Waals surface area contributed by atoms with Gasteiger partial charge in [0.15, 0.2) is 4.77 Å². The molecule has 1 N–H and O–H groups in total. The average molecular weight is 327 g/mol. The molecule has 0 spiro atoms. The first-order chi connectivity index (χ1) is 8.63. The molecule has 0 unspecified atom stereocenters. The van der Waals surface area contributed by atoms with Gasteiger partial charge in [-0.2, -0.15) is 0 Å². The van der Waals surface area contributed by atoms with Gasteiger partial charge in [-0.05, 0) is 49.7 Å². The summed E-state index contributed by atoms with van der Waals surface area (Å²) in [5, 5.41) is 0. The van der Waals surface area contributed by atoms with Gasteiger partial charge in [0.2, 0.25) is 0 Å². The number of aromatic nitrogens is 2. The Morgan fingerprint density at radius 1 is 1.50 bits per heavy atom. The number of rotatable bonds is 3. The van der Waals surface area contributed by atoms with Gasteiger partial charge in [-0.3, -0.25) is 0 Å². The highest BCUT2D eigenvalue weighted by Crippen LogP contribution is 2.37. The molecule has 96 valence electrons. The zero-order valence-corrected chi connectivity index (χ0v) is 12.6. The smallest absolute Gasteiger partial charge is 0.178 e. The number of hydrogen-bond acceptors (Lipinski definition) is 2. The van der Waals surface area contributed by atoms with E-state index in [1.54, 1.807) is 7.11 Å². The lowest BCUT2D eigenvalue weighted by molar-refractivity contribution is -0.0830. The second-order valence-electron chi connectivity index (χ2n) is 4.92. The molecule has 1 heterocycles. The predicted molar refractivity (Wildman–Crippen MR) is 78.4 cm³/mol. The molecule has 1 aliphatic rings. The summed E-state index contributed by atoms with van der Waals surface area (Å²) in [5.74, 6) is 0. The van der Waals surface area contributed by atoms with Gasteiger partial charge < -0.3 is 14.3 Å². The molecule has 0 bridgehead atoms. The number of methoxy groups -OCH3 is 1. The molecule has 5 heteroatoms. The molecular weight excluding hydrogens is 312 g/mol. The van der Waals surface area contributed by atoms with Crippen molar-refractivity contribution in [1.29, 1.82) is 0 Å². The molecule has 3 rings (SSSR count). The summed E-state index contributed by atoms with van der Waals surface area (Å²) in [6, 6.07) is 6.19. The van der Waals surface area contributed by atoms with Crippen LogP contribution in [0, 0.1) is 4.77 Å². The number of ether oxygens (including phenoxy) is 1. The fourth-order valence-electron chi connectivity index (χ4n) is 2.58. The van der Waals surface area contributed by atoms with E-state index in [2.05, 4.69) is 37.6 Å². The van der Waals surface area contributed by atoms with Crippen LogP contribution in [0.1, 0.15) is 19.3 Å². The van der Waals surface area contributed by atoms with Crippen molar-refractivity contribution in [2.24, 2.45) is 0 Å². The molecule has 1 fully saturated rings. The van der Waals surface area contributed by atoms with Crippen LogP contribution in [0.25, 0.3) is 11.0 Å². The minimum Gasteiger partial charge on any atom is -0.376 e. The number of nitrogens with zero attached hydrogens (tertiary/aromatic N) is 1. The molecule has 0 saturated heterocycles. The first-order valence-corrected chi connectivity index (χ1v) is 7.27. The quantitative estimate of drug-likeness (QED) is 0.863. The van der Waals surface area contributed by atoms with Gasteiger partial charge in [0.25, 0.3) is 0 Å². The Labute approximate surface area is 119 Å². The molecular formula is C13H15BrN2OS.